The molecule has 0 aromatic heterocycles. The van der Waals surface area contributed by atoms with Crippen LogP contribution in [0.15, 0.2) is 60.0 Å². The zero-order valence-corrected chi connectivity index (χ0v) is 14.6. The summed E-state index contributed by atoms with van der Waals surface area (Å²) in [4.78, 5) is 11.8. The highest BCUT2D eigenvalue weighted by molar-refractivity contribution is 8.02. The molecular weight excluding hydrogens is 363 g/mol. The highest BCUT2D eigenvalue weighted by Gasteiger charge is 2.30. The number of hydrogen-bond acceptors (Lipinski definition) is 3. The maximum atomic E-state index is 12.1. The Morgan fingerprint density at radius 2 is 1.77 bits per heavy atom. The number of hydrogen-bond donors (Lipinski definition) is 1. The van der Waals surface area contributed by atoms with Crippen LogP contribution in [0.3, 0.4) is 0 Å². The van der Waals surface area contributed by atoms with Crippen molar-refractivity contribution < 1.29 is 22.7 Å². The van der Waals surface area contributed by atoms with Crippen molar-refractivity contribution in [2.75, 3.05) is 5.75 Å². The first-order chi connectivity index (χ1) is 12.4. The molecule has 0 heterocycles. The summed E-state index contributed by atoms with van der Waals surface area (Å²) in [7, 11) is 0. The Balaban J connectivity index is 1.64. The molecule has 0 bridgehead atoms. The molecule has 3 nitrogen and oxygen atoms in total. The number of rotatable bonds is 8. The number of halogens is 3. The summed E-state index contributed by atoms with van der Waals surface area (Å²) < 4.78 is 40.0. The summed E-state index contributed by atoms with van der Waals surface area (Å²) >= 11 is 1.54. The van der Waals surface area contributed by atoms with E-state index < -0.39 is 6.36 Å². The first-order valence-corrected chi connectivity index (χ1v) is 8.92. The zero-order valence-electron chi connectivity index (χ0n) is 13.8. The van der Waals surface area contributed by atoms with Gasteiger partial charge in [0.1, 0.15) is 5.75 Å². The van der Waals surface area contributed by atoms with Gasteiger partial charge in [-0.05, 0) is 34.7 Å². The first kappa shape index (κ1) is 19.9. The summed E-state index contributed by atoms with van der Waals surface area (Å²) in [5, 5.41) is 4.68. The van der Waals surface area contributed by atoms with Gasteiger partial charge in [-0.1, -0.05) is 42.5 Å². The van der Waals surface area contributed by atoms with Crippen LogP contribution in [-0.2, 0) is 11.3 Å². The molecule has 1 amide bonds. The smallest absolute Gasteiger partial charge is 0.406 e. The van der Waals surface area contributed by atoms with E-state index in [-0.39, 0.29) is 18.2 Å². The SMILES string of the molecule is O=C(CCS/C=C/c1ccccc1)NCc1ccc(OC(F)(F)F)cc1. The lowest BCUT2D eigenvalue weighted by Crippen LogP contribution is -2.23. The molecule has 2 aromatic rings. The normalized spacial score (nSPS) is 11.5. The number of amides is 1. The van der Waals surface area contributed by atoms with Crippen molar-refractivity contribution in [3.8, 4) is 5.75 Å². The van der Waals surface area contributed by atoms with Gasteiger partial charge in [0.2, 0.25) is 5.91 Å². The topological polar surface area (TPSA) is 38.3 Å². The summed E-state index contributed by atoms with van der Waals surface area (Å²) in [6.07, 6.45) is -2.37. The molecule has 0 fully saturated rings. The summed E-state index contributed by atoms with van der Waals surface area (Å²) in [5.74, 6) is 0.253. The van der Waals surface area contributed by atoms with Crippen molar-refractivity contribution in [1.29, 1.82) is 0 Å². The van der Waals surface area contributed by atoms with Crippen molar-refractivity contribution in [3.05, 3.63) is 71.1 Å². The van der Waals surface area contributed by atoms with E-state index in [9.17, 15) is 18.0 Å². The lowest BCUT2D eigenvalue weighted by Gasteiger charge is -2.09. The molecule has 0 unspecified atom stereocenters. The van der Waals surface area contributed by atoms with Crippen molar-refractivity contribution in [2.24, 2.45) is 0 Å². The highest BCUT2D eigenvalue weighted by atomic mass is 32.2. The van der Waals surface area contributed by atoms with E-state index in [0.29, 0.717) is 17.7 Å². The molecule has 0 atom stereocenters. The lowest BCUT2D eigenvalue weighted by molar-refractivity contribution is -0.274. The average molecular weight is 381 g/mol. The molecule has 0 aliphatic carbocycles. The maximum Gasteiger partial charge on any atom is 0.573 e. The fraction of sp³-hybridized carbons (Fsp3) is 0.211. The van der Waals surface area contributed by atoms with E-state index in [1.54, 1.807) is 11.8 Å². The van der Waals surface area contributed by atoms with Gasteiger partial charge in [0, 0.05) is 18.7 Å². The molecule has 138 valence electrons. The van der Waals surface area contributed by atoms with Crippen LogP contribution in [0, 0.1) is 0 Å². The number of carbonyl (C=O) groups is 1. The third-order valence-corrected chi connectivity index (χ3v) is 4.02. The van der Waals surface area contributed by atoms with Gasteiger partial charge >= 0.3 is 6.36 Å². The predicted octanol–water partition coefficient (Wildman–Crippen LogP) is 5.00. The second-order valence-corrected chi connectivity index (χ2v) is 6.32. The quantitative estimate of drug-likeness (QED) is 0.655. The molecule has 0 saturated heterocycles. The number of benzene rings is 2. The minimum Gasteiger partial charge on any atom is -0.406 e. The molecule has 0 aliphatic heterocycles. The summed E-state index contributed by atoms with van der Waals surface area (Å²) in [6, 6.07) is 15.3. The van der Waals surface area contributed by atoms with Crippen molar-refractivity contribution in [2.45, 2.75) is 19.3 Å². The van der Waals surface area contributed by atoms with Crippen LogP contribution in [0.25, 0.3) is 6.08 Å². The lowest BCUT2D eigenvalue weighted by atomic mass is 10.2. The van der Waals surface area contributed by atoms with E-state index in [4.69, 9.17) is 0 Å². The molecular formula is C19H18F3NO2S. The van der Waals surface area contributed by atoms with Gasteiger partial charge in [0.05, 0.1) is 0 Å². The van der Waals surface area contributed by atoms with Crippen LogP contribution >= 0.6 is 11.8 Å². The van der Waals surface area contributed by atoms with Crippen molar-refractivity contribution in [3.63, 3.8) is 0 Å². The standard InChI is InChI=1S/C19H18F3NO2S/c20-19(21,22)25-17-8-6-16(7-9-17)14-23-18(24)11-13-26-12-10-15-4-2-1-3-5-15/h1-10,12H,11,13-14H2,(H,23,24)/b12-10+. The third kappa shape index (κ3) is 8.11. The Hall–Kier alpha value is -2.41. The number of thioether (sulfide) groups is 1. The molecule has 0 spiro atoms. The maximum absolute atomic E-state index is 12.1. The van der Waals surface area contributed by atoms with Crippen molar-refractivity contribution in [1.82, 2.24) is 5.32 Å². The van der Waals surface area contributed by atoms with Gasteiger partial charge in [0.25, 0.3) is 0 Å². The summed E-state index contributed by atoms with van der Waals surface area (Å²) in [5.41, 5.74) is 1.80. The molecule has 2 rings (SSSR count). The average Bonchev–Trinajstić information content (AvgIpc) is 2.60. The van der Waals surface area contributed by atoms with Gasteiger partial charge in [-0.3, -0.25) is 4.79 Å². The fourth-order valence-corrected chi connectivity index (χ4v) is 2.70. The summed E-state index contributed by atoms with van der Waals surface area (Å²) in [6.45, 7) is 0.260. The second-order valence-electron chi connectivity index (χ2n) is 5.30. The number of carbonyl (C=O) groups excluding carboxylic acids is 1. The Morgan fingerprint density at radius 3 is 2.42 bits per heavy atom. The molecule has 7 heteroatoms. The van der Waals surface area contributed by atoms with Gasteiger partial charge in [-0.2, -0.15) is 0 Å². The van der Waals surface area contributed by atoms with Crippen LogP contribution < -0.4 is 10.1 Å². The van der Waals surface area contributed by atoms with Gasteiger partial charge in [0.15, 0.2) is 0 Å². The van der Waals surface area contributed by atoms with Crippen LogP contribution in [0.4, 0.5) is 13.2 Å². The van der Waals surface area contributed by atoms with Crippen LogP contribution in [0.2, 0.25) is 0 Å². The Bertz CT molecular complexity index is 716. The van der Waals surface area contributed by atoms with E-state index in [1.165, 1.54) is 24.3 Å². The fourth-order valence-electron chi connectivity index (χ4n) is 2.01. The molecule has 2 aromatic carbocycles. The Labute approximate surface area is 154 Å². The largest absolute Gasteiger partial charge is 0.573 e. The molecule has 1 N–H and O–H groups in total. The van der Waals surface area contributed by atoms with Gasteiger partial charge in [-0.15, -0.1) is 24.9 Å². The van der Waals surface area contributed by atoms with Crippen LogP contribution in [-0.4, -0.2) is 18.0 Å². The van der Waals surface area contributed by atoms with Crippen LogP contribution in [0.1, 0.15) is 17.5 Å². The number of ether oxygens (including phenoxy) is 1. The monoisotopic (exact) mass is 381 g/mol. The number of alkyl halides is 3. The Kier molecular flexibility index (Phi) is 7.59. The van der Waals surface area contributed by atoms with Gasteiger partial charge in [-0.25, -0.2) is 0 Å². The second kappa shape index (κ2) is 9.91. The highest BCUT2D eigenvalue weighted by Crippen LogP contribution is 2.22. The van der Waals surface area contributed by atoms with E-state index in [2.05, 4.69) is 10.1 Å². The first-order valence-electron chi connectivity index (χ1n) is 7.87. The van der Waals surface area contributed by atoms with Crippen LogP contribution in [0.5, 0.6) is 5.75 Å². The third-order valence-electron chi connectivity index (χ3n) is 3.25. The zero-order chi connectivity index (χ0) is 18.8. The van der Waals surface area contributed by atoms with E-state index >= 15 is 0 Å². The number of nitrogens with one attached hydrogen (secondary N) is 1. The predicted molar refractivity (Wildman–Crippen MR) is 97.5 cm³/mol. The molecule has 0 aliphatic rings. The minimum atomic E-state index is -4.71. The van der Waals surface area contributed by atoms with Gasteiger partial charge < -0.3 is 10.1 Å². The molecule has 0 radical (unpaired) electrons. The van der Waals surface area contributed by atoms with Crippen molar-refractivity contribution >= 4 is 23.7 Å². The molecule has 26 heavy (non-hydrogen) atoms. The van der Waals surface area contributed by atoms with E-state index in [1.807, 2.05) is 41.8 Å². The Morgan fingerprint density at radius 1 is 1.08 bits per heavy atom. The minimum absolute atomic E-state index is 0.110. The van der Waals surface area contributed by atoms with E-state index in [0.717, 1.165) is 5.56 Å². The molecule has 0 saturated carbocycles.